The van der Waals surface area contributed by atoms with Crippen molar-refractivity contribution in [3.8, 4) is 28.2 Å². The Kier molecular flexibility index (Phi) is 10.9. The first-order valence-electron chi connectivity index (χ1n) is 15.2. The van der Waals surface area contributed by atoms with Gasteiger partial charge in [0.05, 0.1) is 18.4 Å². The van der Waals surface area contributed by atoms with E-state index >= 15 is 0 Å². The molecule has 1 aliphatic carbocycles. The molecule has 2 aromatic carbocycles. The lowest BCUT2D eigenvalue weighted by molar-refractivity contribution is 0.0517. The van der Waals surface area contributed by atoms with Gasteiger partial charge in [0.2, 0.25) is 0 Å². The van der Waals surface area contributed by atoms with Gasteiger partial charge in [0, 0.05) is 41.7 Å². The van der Waals surface area contributed by atoms with E-state index in [-0.39, 0.29) is 17.5 Å². The second kappa shape index (κ2) is 14.8. The lowest BCUT2D eigenvalue weighted by Gasteiger charge is -2.19. The summed E-state index contributed by atoms with van der Waals surface area (Å²) in [5.74, 6) is 0.256. The number of carbonyl (C=O) groups is 3. The lowest BCUT2D eigenvalue weighted by Crippen LogP contribution is -2.33. The number of hydrogen-bond donors (Lipinski definition) is 2. The monoisotopic (exact) mass is 644 g/mol. The Balaban J connectivity index is 1.54. The van der Waals surface area contributed by atoms with Crippen LogP contribution in [0.2, 0.25) is 0 Å². The predicted molar refractivity (Wildman–Crippen MR) is 178 cm³/mol. The Morgan fingerprint density at radius 2 is 1.53 bits per heavy atom. The number of fused-ring (bicyclic) bond motifs is 2. The highest BCUT2D eigenvalue weighted by molar-refractivity contribution is 6.08. The van der Waals surface area contributed by atoms with E-state index in [0.717, 1.165) is 0 Å². The van der Waals surface area contributed by atoms with Crippen molar-refractivity contribution < 1.29 is 37.7 Å². The maximum Gasteiger partial charge on any atom is 0.407 e. The van der Waals surface area contributed by atoms with Crippen molar-refractivity contribution in [2.24, 2.45) is 0 Å². The van der Waals surface area contributed by atoms with Crippen LogP contribution in [0.1, 0.15) is 58.3 Å². The van der Waals surface area contributed by atoms with Gasteiger partial charge in [-0.1, -0.05) is 18.2 Å². The highest BCUT2D eigenvalue weighted by atomic mass is 16.6. The minimum absolute atomic E-state index is 0.0987. The fourth-order valence-electron chi connectivity index (χ4n) is 4.55. The number of nitrogens with one attached hydrogen (secondary N) is 2. The molecule has 0 saturated heterocycles. The fourth-order valence-corrected chi connectivity index (χ4v) is 4.55. The summed E-state index contributed by atoms with van der Waals surface area (Å²) in [6.45, 7) is 11.5. The van der Waals surface area contributed by atoms with E-state index in [0.29, 0.717) is 58.7 Å². The van der Waals surface area contributed by atoms with Crippen molar-refractivity contribution in [1.29, 1.82) is 0 Å². The fraction of sp³-hybridized carbons (Fsp3) is 0.333. The molecule has 47 heavy (non-hydrogen) atoms. The van der Waals surface area contributed by atoms with E-state index in [1.165, 1.54) is 24.5 Å². The third-order valence-electron chi connectivity index (χ3n) is 6.37. The number of rotatable bonds is 10. The third-order valence-corrected chi connectivity index (χ3v) is 6.37. The number of amides is 2. The van der Waals surface area contributed by atoms with Crippen LogP contribution in [0.4, 0.5) is 9.59 Å². The molecule has 0 unspecified atom stereocenters. The van der Waals surface area contributed by atoms with Gasteiger partial charge in [0.1, 0.15) is 28.3 Å². The minimum atomic E-state index is -0.630. The smallest absolute Gasteiger partial charge is 0.407 e. The SMILES string of the molecule is CC(C)(C)OC(=O)NC/C=C/OC(=O)c1ccccc1-c1c2ccc(=O)cc-2oc2cc(OCCCNC(=O)OC(C)(C)C)ccc12. The standard InChI is InChI=1S/C36H40N2O9/c1-35(2,3)46-33(41)37-17-9-19-43-24-14-16-28-30(22-24)45-29-21-23(39)13-15-27(29)31(28)25-11-7-8-12-26(25)32(40)44-20-10-18-38-34(42)47-36(4,5)6/h7-8,10-16,20-22H,9,17-19H2,1-6H3,(H,37,41)(H,38,42)/b20-10+. The molecule has 0 radical (unpaired) electrons. The van der Waals surface area contributed by atoms with E-state index in [9.17, 15) is 19.2 Å². The van der Waals surface area contributed by atoms with Crippen molar-refractivity contribution in [2.45, 2.75) is 59.2 Å². The Hall–Kier alpha value is -5.32. The Morgan fingerprint density at radius 1 is 0.830 bits per heavy atom. The van der Waals surface area contributed by atoms with Gasteiger partial charge in [-0.05, 0) is 89.9 Å². The van der Waals surface area contributed by atoms with E-state index in [4.69, 9.17) is 23.4 Å². The first-order valence-corrected chi connectivity index (χ1v) is 15.2. The van der Waals surface area contributed by atoms with Crippen LogP contribution in [0, 0.1) is 0 Å². The molecule has 0 spiro atoms. The molecular weight excluding hydrogens is 604 g/mol. The van der Waals surface area contributed by atoms with Crippen LogP contribution in [0.25, 0.3) is 33.4 Å². The summed E-state index contributed by atoms with van der Waals surface area (Å²) in [6, 6.07) is 16.8. The number of esters is 1. The zero-order valence-corrected chi connectivity index (χ0v) is 27.4. The number of carbonyl (C=O) groups excluding carboxylic acids is 3. The Morgan fingerprint density at radius 3 is 2.26 bits per heavy atom. The average Bonchev–Trinajstić information content (AvgIpc) is 2.97. The summed E-state index contributed by atoms with van der Waals surface area (Å²) in [6.07, 6.45) is 2.16. The summed E-state index contributed by atoms with van der Waals surface area (Å²) in [5.41, 5.74) is 1.18. The molecular formula is C36H40N2O9. The van der Waals surface area contributed by atoms with Crippen LogP contribution in [0.5, 0.6) is 5.75 Å². The van der Waals surface area contributed by atoms with E-state index in [2.05, 4.69) is 10.6 Å². The molecule has 248 valence electrons. The summed E-state index contributed by atoms with van der Waals surface area (Å²) >= 11 is 0. The summed E-state index contributed by atoms with van der Waals surface area (Å²) in [7, 11) is 0. The largest absolute Gasteiger partial charge is 0.493 e. The van der Waals surface area contributed by atoms with E-state index < -0.39 is 29.4 Å². The minimum Gasteiger partial charge on any atom is -0.493 e. The highest BCUT2D eigenvalue weighted by Crippen LogP contribution is 2.42. The molecule has 0 bridgehead atoms. The lowest BCUT2D eigenvalue weighted by atomic mass is 9.91. The molecule has 4 rings (SSSR count). The molecule has 0 saturated carbocycles. The highest BCUT2D eigenvalue weighted by Gasteiger charge is 2.23. The van der Waals surface area contributed by atoms with Gasteiger partial charge in [-0.2, -0.15) is 0 Å². The number of ether oxygens (including phenoxy) is 4. The van der Waals surface area contributed by atoms with Crippen LogP contribution < -0.4 is 20.8 Å². The maximum atomic E-state index is 13.3. The van der Waals surface area contributed by atoms with Crippen molar-refractivity contribution in [3.05, 3.63) is 88.8 Å². The second-order valence-electron chi connectivity index (χ2n) is 12.6. The average molecular weight is 645 g/mol. The summed E-state index contributed by atoms with van der Waals surface area (Å²) in [5, 5.41) is 5.95. The van der Waals surface area contributed by atoms with Crippen LogP contribution in [-0.2, 0) is 14.2 Å². The van der Waals surface area contributed by atoms with Gasteiger partial charge < -0.3 is 34.0 Å². The second-order valence-corrected chi connectivity index (χ2v) is 12.6. The molecule has 11 nitrogen and oxygen atoms in total. The van der Waals surface area contributed by atoms with E-state index in [1.807, 2.05) is 6.07 Å². The normalized spacial score (nSPS) is 11.8. The molecule has 1 aliphatic heterocycles. The molecule has 1 heterocycles. The zero-order chi connectivity index (χ0) is 34.2. The number of alkyl carbamates (subject to hydrolysis) is 2. The Labute approximate surface area is 273 Å². The number of hydrogen-bond acceptors (Lipinski definition) is 9. The van der Waals surface area contributed by atoms with Gasteiger partial charge in [-0.3, -0.25) is 4.79 Å². The Bertz CT molecular complexity index is 1790. The van der Waals surface area contributed by atoms with Crippen molar-refractivity contribution in [3.63, 3.8) is 0 Å². The molecule has 2 amide bonds. The van der Waals surface area contributed by atoms with Crippen LogP contribution >= 0.6 is 0 Å². The quantitative estimate of drug-likeness (QED) is 0.0610. The predicted octanol–water partition coefficient (Wildman–Crippen LogP) is 7.05. The van der Waals surface area contributed by atoms with Gasteiger partial charge in [-0.15, -0.1) is 0 Å². The summed E-state index contributed by atoms with van der Waals surface area (Å²) in [4.78, 5) is 49.3. The third kappa shape index (κ3) is 10.1. The maximum absolute atomic E-state index is 13.3. The van der Waals surface area contributed by atoms with Crippen LogP contribution in [0.3, 0.4) is 0 Å². The molecule has 11 heteroatoms. The number of benzene rings is 3. The first-order chi connectivity index (χ1) is 22.2. The van der Waals surface area contributed by atoms with Crippen molar-refractivity contribution in [2.75, 3.05) is 19.7 Å². The zero-order valence-electron chi connectivity index (χ0n) is 27.4. The van der Waals surface area contributed by atoms with E-state index in [1.54, 1.807) is 84.0 Å². The van der Waals surface area contributed by atoms with Crippen molar-refractivity contribution >= 4 is 29.1 Å². The van der Waals surface area contributed by atoms with Gasteiger partial charge in [0.25, 0.3) is 0 Å². The molecule has 2 N–H and O–H groups in total. The van der Waals surface area contributed by atoms with Crippen molar-refractivity contribution in [1.82, 2.24) is 10.6 Å². The first kappa shape index (κ1) is 34.6. The van der Waals surface area contributed by atoms with Crippen LogP contribution in [-0.4, -0.2) is 49.1 Å². The van der Waals surface area contributed by atoms with Gasteiger partial charge in [-0.25, -0.2) is 14.4 Å². The topological polar surface area (TPSA) is 142 Å². The molecule has 2 aliphatic rings. The molecule has 0 atom stereocenters. The van der Waals surface area contributed by atoms with Gasteiger partial charge >= 0.3 is 18.2 Å². The van der Waals surface area contributed by atoms with Crippen LogP contribution in [0.15, 0.2) is 82.2 Å². The van der Waals surface area contributed by atoms with Gasteiger partial charge in [0.15, 0.2) is 5.43 Å². The molecule has 0 aromatic heterocycles. The molecule has 0 fully saturated rings. The summed E-state index contributed by atoms with van der Waals surface area (Å²) < 4.78 is 27.9. The molecule has 2 aromatic rings.